The van der Waals surface area contributed by atoms with Crippen molar-refractivity contribution >= 4 is 48.7 Å². The third-order valence-electron chi connectivity index (χ3n) is 4.82. The molecular weight excluding hydrogens is 516 g/mol. The number of hydrogen-bond acceptors (Lipinski definition) is 0. The van der Waals surface area contributed by atoms with Gasteiger partial charge in [-0.05, 0) is 43.2 Å². The molecule has 0 nitrogen and oxygen atoms in total. The summed E-state index contributed by atoms with van der Waals surface area (Å²) in [6, 6.07) is 43.2. The number of benzene rings is 4. The van der Waals surface area contributed by atoms with Crippen molar-refractivity contribution in [3.8, 4) is 0 Å². The molecule has 0 heterocycles. The van der Waals surface area contributed by atoms with E-state index in [2.05, 4.69) is 121 Å². The average molecular weight is 539 g/mol. The van der Waals surface area contributed by atoms with Crippen molar-refractivity contribution in [2.24, 2.45) is 0 Å². The van der Waals surface area contributed by atoms with Crippen LogP contribution in [0.15, 0.2) is 121 Å². The molecule has 1 unspecified atom stereocenters. The molecular formula is C26H23ClP2Pd. The monoisotopic (exact) mass is 538 g/mol. The fourth-order valence-electron chi connectivity index (χ4n) is 3.46. The van der Waals surface area contributed by atoms with E-state index in [0.717, 1.165) is 6.16 Å². The van der Waals surface area contributed by atoms with Crippen LogP contribution in [0, 0.1) is 0 Å². The van der Waals surface area contributed by atoms with Gasteiger partial charge in [-0.25, -0.2) is 0 Å². The van der Waals surface area contributed by atoms with Crippen LogP contribution in [0.5, 0.6) is 0 Å². The van der Waals surface area contributed by atoms with Gasteiger partial charge in [0, 0.05) is 20.4 Å². The third-order valence-corrected chi connectivity index (χ3v) is 11.1. The Morgan fingerprint density at radius 3 is 1.13 bits per heavy atom. The maximum absolute atomic E-state index is 7.26. The standard InChI is InChI=1S/C26H23ClP2.Pd/c27-26(29(24-17-9-3-10-18-24)25-19-11-4-12-20-25)21-28(22-13-5-1-6-14-22)23-15-7-2-8-16-23;/h1-20,26H,21H2;. The van der Waals surface area contributed by atoms with Crippen molar-refractivity contribution in [1.29, 1.82) is 0 Å². The van der Waals surface area contributed by atoms with E-state index in [9.17, 15) is 0 Å². The Balaban J connectivity index is 0.00000256. The van der Waals surface area contributed by atoms with E-state index < -0.39 is 15.8 Å². The van der Waals surface area contributed by atoms with E-state index in [1.807, 2.05) is 0 Å². The zero-order chi connectivity index (χ0) is 19.9. The van der Waals surface area contributed by atoms with E-state index in [4.69, 9.17) is 11.6 Å². The molecule has 0 radical (unpaired) electrons. The number of alkyl halides is 1. The molecule has 154 valence electrons. The van der Waals surface area contributed by atoms with Crippen LogP contribution in [0.25, 0.3) is 0 Å². The summed E-state index contributed by atoms with van der Waals surface area (Å²) in [5, 5.41) is 5.50. The van der Waals surface area contributed by atoms with Gasteiger partial charge in [-0.1, -0.05) is 121 Å². The van der Waals surface area contributed by atoms with Gasteiger partial charge in [0.25, 0.3) is 0 Å². The molecule has 0 N–H and O–H groups in total. The van der Waals surface area contributed by atoms with Crippen molar-refractivity contribution < 1.29 is 20.4 Å². The molecule has 0 aromatic heterocycles. The predicted octanol–water partition coefficient (Wildman–Crippen LogP) is 5.81. The van der Waals surface area contributed by atoms with Crippen LogP contribution in [-0.2, 0) is 20.4 Å². The summed E-state index contributed by atoms with van der Waals surface area (Å²) in [6.07, 6.45) is 0.959. The van der Waals surface area contributed by atoms with E-state index in [1.54, 1.807) is 0 Å². The molecule has 0 fully saturated rings. The topological polar surface area (TPSA) is 0 Å². The molecule has 0 aliphatic carbocycles. The molecule has 4 heteroatoms. The molecule has 30 heavy (non-hydrogen) atoms. The summed E-state index contributed by atoms with van der Waals surface area (Å²) >= 11 is 7.26. The molecule has 0 aliphatic rings. The minimum absolute atomic E-state index is 0. The Morgan fingerprint density at radius 1 is 0.500 bits per heavy atom. The van der Waals surface area contributed by atoms with Gasteiger partial charge >= 0.3 is 0 Å². The first-order valence-corrected chi connectivity index (χ1v) is 13.1. The van der Waals surface area contributed by atoms with Crippen LogP contribution in [0.3, 0.4) is 0 Å². The Labute approximate surface area is 200 Å². The van der Waals surface area contributed by atoms with Crippen molar-refractivity contribution in [2.75, 3.05) is 6.16 Å². The maximum Gasteiger partial charge on any atom is 0.0661 e. The molecule has 0 saturated carbocycles. The van der Waals surface area contributed by atoms with Crippen LogP contribution in [0.2, 0.25) is 0 Å². The zero-order valence-corrected chi connectivity index (χ0v) is 20.5. The zero-order valence-electron chi connectivity index (χ0n) is 16.4. The average Bonchev–Trinajstić information content (AvgIpc) is 2.80. The summed E-state index contributed by atoms with van der Waals surface area (Å²) in [4.78, 5) is 0. The van der Waals surface area contributed by atoms with Gasteiger partial charge in [0.2, 0.25) is 0 Å². The van der Waals surface area contributed by atoms with E-state index in [1.165, 1.54) is 21.2 Å². The van der Waals surface area contributed by atoms with Gasteiger partial charge in [-0.3, -0.25) is 0 Å². The van der Waals surface area contributed by atoms with Gasteiger partial charge in [-0.15, -0.1) is 11.6 Å². The third kappa shape index (κ3) is 5.89. The normalized spacial score (nSPS) is 11.8. The second kappa shape index (κ2) is 11.9. The van der Waals surface area contributed by atoms with Crippen molar-refractivity contribution in [1.82, 2.24) is 0 Å². The van der Waals surface area contributed by atoms with Crippen LogP contribution in [0.1, 0.15) is 0 Å². The van der Waals surface area contributed by atoms with Gasteiger partial charge in [0.1, 0.15) is 0 Å². The first kappa shape index (κ1) is 23.4. The first-order chi connectivity index (χ1) is 14.3. The number of halogens is 1. The minimum atomic E-state index is -0.644. The molecule has 1 atom stereocenters. The molecule has 0 spiro atoms. The summed E-state index contributed by atoms with van der Waals surface area (Å²) in [6.45, 7) is 0. The second-order valence-corrected chi connectivity index (χ2v) is 12.2. The van der Waals surface area contributed by atoms with Crippen LogP contribution in [0.4, 0.5) is 0 Å². The van der Waals surface area contributed by atoms with Crippen molar-refractivity contribution in [2.45, 2.75) is 5.12 Å². The molecule has 4 aromatic rings. The maximum atomic E-state index is 7.26. The Bertz CT molecular complexity index is 919. The Kier molecular flexibility index (Phi) is 9.28. The summed E-state index contributed by atoms with van der Waals surface area (Å²) < 4.78 is 0. The fraction of sp³-hybridized carbons (Fsp3) is 0.0769. The van der Waals surface area contributed by atoms with Gasteiger partial charge < -0.3 is 0 Å². The second-order valence-electron chi connectivity index (χ2n) is 6.76. The molecule has 0 saturated heterocycles. The van der Waals surface area contributed by atoms with E-state index in [0.29, 0.717) is 0 Å². The summed E-state index contributed by atoms with van der Waals surface area (Å²) in [5.41, 5.74) is 0. The molecule has 0 bridgehead atoms. The van der Waals surface area contributed by atoms with Crippen LogP contribution < -0.4 is 21.2 Å². The fourth-order valence-corrected chi connectivity index (χ4v) is 9.71. The number of rotatable bonds is 7. The molecule has 0 aliphatic heterocycles. The van der Waals surface area contributed by atoms with Crippen molar-refractivity contribution in [3.63, 3.8) is 0 Å². The smallest absolute Gasteiger partial charge is 0.0661 e. The quantitative estimate of drug-likeness (QED) is 0.158. The molecule has 4 rings (SSSR count). The van der Waals surface area contributed by atoms with Gasteiger partial charge in [-0.2, -0.15) is 0 Å². The SMILES string of the molecule is ClC(CP(c1ccccc1)c1ccccc1)P(c1ccccc1)c1ccccc1.[Pd]. The number of hydrogen-bond donors (Lipinski definition) is 0. The Morgan fingerprint density at radius 2 is 0.800 bits per heavy atom. The van der Waals surface area contributed by atoms with Crippen LogP contribution in [-0.4, -0.2) is 11.3 Å². The Hall–Kier alpha value is -1.31. The molecule has 4 aromatic carbocycles. The van der Waals surface area contributed by atoms with E-state index >= 15 is 0 Å². The van der Waals surface area contributed by atoms with Crippen LogP contribution >= 0.6 is 27.4 Å². The van der Waals surface area contributed by atoms with Gasteiger partial charge in [0.15, 0.2) is 0 Å². The largest absolute Gasteiger partial charge is 0.117 e. The first-order valence-electron chi connectivity index (χ1n) is 9.74. The van der Waals surface area contributed by atoms with Crippen molar-refractivity contribution in [3.05, 3.63) is 121 Å². The summed E-state index contributed by atoms with van der Waals surface area (Å²) in [5.74, 6) is 0. The van der Waals surface area contributed by atoms with E-state index in [-0.39, 0.29) is 25.5 Å². The minimum Gasteiger partial charge on any atom is -0.117 e. The predicted molar refractivity (Wildman–Crippen MR) is 133 cm³/mol. The summed E-state index contributed by atoms with van der Waals surface area (Å²) in [7, 11) is -1.16. The van der Waals surface area contributed by atoms with Gasteiger partial charge in [0.05, 0.1) is 5.12 Å². The molecule has 0 amide bonds.